The van der Waals surface area contributed by atoms with Gasteiger partial charge in [0.15, 0.2) is 0 Å². The summed E-state index contributed by atoms with van der Waals surface area (Å²) in [4.78, 5) is 2.41. The quantitative estimate of drug-likeness (QED) is 0.168. The van der Waals surface area contributed by atoms with Crippen LogP contribution >= 0.6 is 0 Å². The van der Waals surface area contributed by atoms with Crippen LogP contribution in [-0.2, 0) is 12.5 Å². The molecule has 0 bridgehead atoms. The third kappa shape index (κ3) is 5.09. The standard InChI is InChI=1S/C52H40N2/c1-52(2)47-19-11-9-17-44(47)45-32-31-43(34-48(45)52)54(41-27-23-37(24-28-41)35-13-5-4-6-14-35)42-29-25-38(26-30-42)51-50(46-18-10-12-20-49(46)53(51)3)40-22-21-36-15-7-8-16-39(36)33-40/h4-34H,1-3H3. The average molecular weight is 693 g/mol. The molecule has 54 heavy (non-hydrogen) atoms. The highest BCUT2D eigenvalue weighted by Gasteiger charge is 2.35. The Balaban J connectivity index is 1.11. The maximum atomic E-state index is 2.41. The first kappa shape index (κ1) is 32.0. The van der Waals surface area contributed by atoms with Crippen molar-refractivity contribution in [3.05, 3.63) is 199 Å². The molecule has 0 unspecified atom stereocenters. The number of rotatable bonds is 6. The lowest BCUT2D eigenvalue weighted by molar-refractivity contribution is 0.660. The maximum absolute atomic E-state index is 2.41. The van der Waals surface area contributed by atoms with Crippen molar-refractivity contribution in [1.82, 2.24) is 4.57 Å². The number of aromatic nitrogens is 1. The fourth-order valence-electron chi connectivity index (χ4n) is 8.85. The van der Waals surface area contributed by atoms with Crippen molar-refractivity contribution in [2.24, 2.45) is 7.05 Å². The van der Waals surface area contributed by atoms with E-state index in [0.29, 0.717) is 0 Å². The minimum absolute atomic E-state index is 0.0949. The van der Waals surface area contributed by atoms with Crippen molar-refractivity contribution in [2.45, 2.75) is 19.3 Å². The van der Waals surface area contributed by atoms with Crippen LogP contribution in [0.5, 0.6) is 0 Å². The first-order valence-corrected chi connectivity index (χ1v) is 18.8. The van der Waals surface area contributed by atoms with E-state index in [2.05, 4.69) is 218 Å². The molecule has 0 fully saturated rings. The Labute approximate surface area is 317 Å². The molecule has 0 spiro atoms. The van der Waals surface area contributed by atoms with Gasteiger partial charge < -0.3 is 9.47 Å². The minimum atomic E-state index is -0.0949. The van der Waals surface area contributed by atoms with Gasteiger partial charge in [0.25, 0.3) is 0 Å². The molecule has 0 radical (unpaired) electrons. The number of hydrogen-bond acceptors (Lipinski definition) is 1. The molecule has 0 atom stereocenters. The molecule has 9 aromatic rings. The van der Waals surface area contributed by atoms with E-state index >= 15 is 0 Å². The summed E-state index contributed by atoms with van der Waals surface area (Å²) in [5.74, 6) is 0. The molecule has 0 aliphatic heterocycles. The Kier molecular flexibility index (Phi) is 7.42. The van der Waals surface area contributed by atoms with Crippen molar-refractivity contribution in [3.63, 3.8) is 0 Å². The second kappa shape index (κ2) is 12.5. The molecule has 1 aromatic heterocycles. The van der Waals surface area contributed by atoms with E-state index in [4.69, 9.17) is 0 Å². The summed E-state index contributed by atoms with van der Waals surface area (Å²) in [7, 11) is 2.20. The SMILES string of the molecule is Cn1c(-c2ccc(N(c3ccc(-c4ccccc4)cc3)c3ccc4c(c3)C(C)(C)c3ccccc3-4)cc2)c(-c2ccc3ccccc3c2)c2ccccc21. The van der Waals surface area contributed by atoms with Gasteiger partial charge in [0.2, 0.25) is 0 Å². The van der Waals surface area contributed by atoms with Gasteiger partial charge in [0, 0.05) is 46.0 Å². The van der Waals surface area contributed by atoms with Crippen molar-refractivity contribution in [1.29, 1.82) is 0 Å². The molecule has 0 amide bonds. The Hall–Kier alpha value is -6.64. The van der Waals surface area contributed by atoms with E-state index in [1.807, 2.05) is 0 Å². The Morgan fingerprint density at radius 2 is 1.00 bits per heavy atom. The molecular formula is C52H40N2. The number of hydrogen-bond donors (Lipinski definition) is 0. The van der Waals surface area contributed by atoms with Crippen LogP contribution in [0.3, 0.4) is 0 Å². The number of nitrogens with zero attached hydrogens (tertiary/aromatic N) is 2. The number of para-hydroxylation sites is 1. The van der Waals surface area contributed by atoms with Crippen LogP contribution in [0.25, 0.3) is 66.3 Å². The van der Waals surface area contributed by atoms with Gasteiger partial charge in [-0.3, -0.25) is 0 Å². The molecular weight excluding hydrogens is 653 g/mol. The summed E-state index contributed by atoms with van der Waals surface area (Å²) in [6, 6.07) is 68.9. The molecule has 1 aliphatic rings. The first-order valence-electron chi connectivity index (χ1n) is 18.8. The van der Waals surface area contributed by atoms with E-state index in [0.717, 1.165) is 17.1 Å². The van der Waals surface area contributed by atoms with Crippen LogP contribution in [0.2, 0.25) is 0 Å². The van der Waals surface area contributed by atoms with Crippen molar-refractivity contribution in [3.8, 4) is 44.6 Å². The molecule has 0 N–H and O–H groups in total. The molecule has 10 rings (SSSR count). The number of anilines is 3. The molecule has 0 saturated heterocycles. The summed E-state index contributed by atoms with van der Waals surface area (Å²) in [6.45, 7) is 4.71. The summed E-state index contributed by atoms with van der Waals surface area (Å²) in [6.07, 6.45) is 0. The molecule has 258 valence electrons. The van der Waals surface area contributed by atoms with Gasteiger partial charge in [0.1, 0.15) is 0 Å². The van der Waals surface area contributed by atoms with Crippen molar-refractivity contribution in [2.75, 3.05) is 4.90 Å². The predicted octanol–water partition coefficient (Wildman–Crippen LogP) is 14.1. The van der Waals surface area contributed by atoms with Gasteiger partial charge in [-0.1, -0.05) is 153 Å². The van der Waals surface area contributed by atoms with Gasteiger partial charge in [-0.25, -0.2) is 0 Å². The highest BCUT2D eigenvalue weighted by Crippen LogP contribution is 2.51. The summed E-state index contributed by atoms with van der Waals surface area (Å²) in [5, 5.41) is 3.76. The Bertz CT molecular complexity index is 2840. The monoisotopic (exact) mass is 692 g/mol. The largest absolute Gasteiger partial charge is 0.343 e. The molecule has 2 nitrogen and oxygen atoms in total. The van der Waals surface area contributed by atoms with E-state index in [1.54, 1.807) is 0 Å². The molecule has 1 aliphatic carbocycles. The second-order valence-corrected chi connectivity index (χ2v) is 15.1. The average Bonchev–Trinajstić information content (AvgIpc) is 3.65. The van der Waals surface area contributed by atoms with Gasteiger partial charge >= 0.3 is 0 Å². The minimum Gasteiger partial charge on any atom is -0.343 e. The lowest BCUT2D eigenvalue weighted by Crippen LogP contribution is -2.16. The molecule has 2 heteroatoms. The van der Waals surface area contributed by atoms with Crippen LogP contribution in [0.15, 0.2) is 188 Å². The zero-order valence-corrected chi connectivity index (χ0v) is 30.8. The van der Waals surface area contributed by atoms with Crippen LogP contribution in [-0.4, -0.2) is 4.57 Å². The first-order chi connectivity index (χ1) is 26.5. The second-order valence-electron chi connectivity index (χ2n) is 15.1. The number of benzene rings is 8. The van der Waals surface area contributed by atoms with Crippen LogP contribution < -0.4 is 4.90 Å². The van der Waals surface area contributed by atoms with E-state index < -0.39 is 0 Å². The zero-order valence-electron chi connectivity index (χ0n) is 30.8. The Morgan fingerprint density at radius 1 is 0.426 bits per heavy atom. The summed E-state index contributed by atoms with van der Waals surface area (Å²) in [5.41, 5.74) is 17.2. The third-order valence-corrected chi connectivity index (χ3v) is 11.6. The third-order valence-electron chi connectivity index (χ3n) is 11.6. The van der Waals surface area contributed by atoms with E-state index in [-0.39, 0.29) is 5.41 Å². The van der Waals surface area contributed by atoms with Gasteiger partial charge in [-0.15, -0.1) is 0 Å². The maximum Gasteiger partial charge on any atom is 0.0568 e. The lowest BCUT2D eigenvalue weighted by Gasteiger charge is -2.28. The van der Waals surface area contributed by atoms with Gasteiger partial charge in [-0.05, 0) is 104 Å². The summed E-state index contributed by atoms with van der Waals surface area (Å²) >= 11 is 0. The summed E-state index contributed by atoms with van der Waals surface area (Å²) < 4.78 is 2.36. The van der Waals surface area contributed by atoms with Crippen LogP contribution in [0, 0.1) is 0 Å². The van der Waals surface area contributed by atoms with Crippen LogP contribution in [0.1, 0.15) is 25.0 Å². The van der Waals surface area contributed by atoms with Gasteiger partial charge in [-0.2, -0.15) is 0 Å². The smallest absolute Gasteiger partial charge is 0.0568 e. The van der Waals surface area contributed by atoms with Crippen LogP contribution in [0.4, 0.5) is 17.1 Å². The van der Waals surface area contributed by atoms with Gasteiger partial charge in [0.05, 0.1) is 5.69 Å². The predicted molar refractivity (Wildman–Crippen MR) is 229 cm³/mol. The molecule has 8 aromatic carbocycles. The molecule has 1 heterocycles. The highest BCUT2D eigenvalue weighted by atomic mass is 15.1. The number of fused-ring (bicyclic) bond motifs is 5. The van der Waals surface area contributed by atoms with Crippen molar-refractivity contribution >= 4 is 38.7 Å². The van der Waals surface area contributed by atoms with E-state index in [9.17, 15) is 0 Å². The van der Waals surface area contributed by atoms with Crippen molar-refractivity contribution < 1.29 is 0 Å². The zero-order chi connectivity index (χ0) is 36.4. The fraction of sp³-hybridized carbons (Fsp3) is 0.0769. The Morgan fingerprint density at radius 3 is 1.78 bits per heavy atom. The van der Waals surface area contributed by atoms with E-state index in [1.165, 1.54) is 77.4 Å². The number of aryl methyl sites for hydroxylation is 1. The normalized spacial score (nSPS) is 12.9. The topological polar surface area (TPSA) is 8.17 Å². The lowest BCUT2D eigenvalue weighted by atomic mass is 9.82. The molecule has 0 saturated carbocycles. The highest BCUT2D eigenvalue weighted by molar-refractivity contribution is 6.06. The fourth-order valence-corrected chi connectivity index (χ4v) is 8.85.